The number of likely N-dealkylation sites (tertiary alicyclic amines) is 1. The molecule has 1 heterocycles. The molecule has 1 fully saturated rings. The first-order valence-corrected chi connectivity index (χ1v) is 10.8. The number of rotatable bonds is 5. The molecule has 160 valence electrons. The van der Waals surface area contributed by atoms with E-state index in [1.165, 1.54) is 0 Å². The highest BCUT2D eigenvalue weighted by atomic mass is 35.5. The third-order valence-corrected chi connectivity index (χ3v) is 5.71. The van der Waals surface area contributed by atoms with Crippen LogP contribution in [0.15, 0.2) is 66.7 Å². The lowest BCUT2D eigenvalue weighted by molar-refractivity contribution is -0.117. The minimum absolute atomic E-state index is 0.0248. The average Bonchev–Trinajstić information content (AvgIpc) is 2.77. The van der Waals surface area contributed by atoms with Crippen LogP contribution in [0.4, 0.5) is 16.2 Å². The summed E-state index contributed by atoms with van der Waals surface area (Å²) in [6, 6.07) is 20.8. The summed E-state index contributed by atoms with van der Waals surface area (Å²) in [6.07, 6.45) is 1.60. The maximum atomic E-state index is 12.6. The summed E-state index contributed by atoms with van der Waals surface area (Å²) in [7, 11) is 0. The molecule has 3 N–H and O–H groups in total. The van der Waals surface area contributed by atoms with Gasteiger partial charge in [-0.05, 0) is 48.6 Å². The van der Waals surface area contributed by atoms with Crippen LogP contribution in [-0.2, 0) is 4.79 Å². The van der Waals surface area contributed by atoms with Gasteiger partial charge in [-0.15, -0.1) is 0 Å². The third kappa shape index (κ3) is 5.75. The van der Waals surface area contributed by atoms with Crippen LogP contribution in [0.2, 0.25) is 5.02 Å². The Hall–Kier alpha value is -3.09. The van der Waals surface area contributed by atoms with Crippen LogP contribution in [0.3, 0.4) is 0 Å². The van der Waals surface area contributed by atoms with E-state index in [0.29, 0.717) is 17.3 Å². The first-order chi connectivity index (χ1) is 15.1. The van der Waals surface area contributed by atoms with Crippen molar-refractivity contribution in [2.24, 2.45) is 0 Å². The molecule has 3 aromatic carbocycles. The van der Waals surface area contributed by atoms with Gasteiger partial charge in [-0.3, -0.25) is 9.69 Å². The lowest BCUT2D eigenvalue weighted by Gasteiger charge is -2.31. The Balaban J connectivity index is 1.23. The normalized spacial score (nSPS) is 14.9. The Morgan fingerprint density at radius 1 is 0.903 bits per heavy atom. The van der Waals surface area contributed by atoms with Gasteiger partial charge < -0.3 is 16.0 Å². The van der Waals surface area contributed by atoms with E-state index in [1.54, 1.807) is 24.3 Å². The zero-order valence-electron chi connectivity index (χ0n) is 17.1. The summed E-state index contributed by atoms with van der Waals surface area (Å²) < 4.78 is 0. The van der Waals surface area contributed by atoms with Gasteiger partial charge in [0.05, 0.1) is 6.54 Å². The van der Waals surface area contributed by atoms with Crippen molar-refractivity contribution in [2.45, 2.75) is 18.9 Å². The molecule has 0 bridgehead atoms. The summed E-state index contributed by atoms with van der Waals surface area (Å²) in [5, 5.41) is 11.6. The van der Waals surface area contributed by atoms with E-state index >= 15 is 0 Å². The van der Waals surface area contributed by atoms with Crippen molar-refractivity contribution in [1.29, 1.82) is 0 Å². The molecular formula is C24H25ClN4O2. The first-order valence-electron chi connectivity index (χ1n) is 10.4. The number of anilines is 2. The molecule has 1 aliphatic rings. The maximum Gasteiger partial charge on any atom is 0.319 e. The average molecular weight is 437 g/mol. The van der Waals surface area contributed by atoms with E-state index in [9.17, 15) is 9.59 Å². The first kappa shape index (κ1) is 21.2. The number of hydrogen-bond acceptors (Lipinski definition) is 3. The van der Waals surface area contributed by atoms with Crippen LogP contribution in [0.25, 0.3) is 10.8 Å². The van der Waals surface area contributed by atoms with Crippen LogP contribution < -0.4 is 16.0 Å². The number of amides is 3. The second kappa shape index (κ2) is 9.81. The summed E-state index contributed by atoms with van der Waals surface area (Å²) in [4.78, 5) is 26.9. The van der Waals surface area contributed by atoms with Crippen molar-refractivity contribution >= 4 is 45.7 Å². The molecule has 3 aromatic rings. The Kier molecular flexibility index (Phi) is 6.70. The van der Waals surface area contributed by atoms with Crippen LogP contribution in [0, 0.1) is 0 Å². The largest absolute Gasteiger partial charge is 0.335 e. The van der Waals surface area contributed by atoms with Gasteiger partial charge in [0.1, 0.15) is 0 Å². The Morgan fingerprint density at radius 3 is 2.39 bits per heavy atom. The molecule has 6 nitrogen and oxygen atoms in total. The van der Waals surface area contributed by atoms with Crippen LogP contribution in [-0.4, -0.2) is 42.5 Å². The summed E-state index contributed by atoms with van der Waals surface area (Å²) >= 11 is 5.86. The highest BCUT2D eigenvalue weighted by molar-refractivity contribution is 6.30. The van der Waals surface area contributed by atoms with E-state index in [-0.39, 0.29) is 18.0 Å². The minimum atomic E-state index is -0.227. The number of fused-ring (bicyclic) bond motifs is 1. The number of hydrogen-bond donors (Lipinski definition) is 3. The number of carbonyl (C=O) groups is 2. The number of nitrogens with zero attached hydrogens (tertiary/aromatic N) is 1. The molecular weight excluding hydrogens is 412 g/mol. The van der Waals surface area contributed by atoms with Crippen molar-refractivity contribution in [3.63, 3.8) is 0 Å². The van der Waals surface area contributed by atoms with E-state index < -0.39 is 0 Å². The number of piperidine rings is 1. The summed E-state index contributed by atoms with van der Waals surface area (Å²) in [5.74, 6) is -0.0248. The fourth-order valence-electron chi connectivity index (χ4n) is 3.85. The SMILES string of the molecule is O=C(CN1CCC(NC(=O)Nc2ccc(Cl)cc2)CC1)Nc1cccc2ccccc12. The Bertz CT molecular complexity index is 1060. The van der Waals surface area contributed by atoms with Gasteiger partial charge in [-0.1, -0.05) is 48.0 Å². The van der Waals surface area contributed by atoms with Gasteiger partial charge in [0, 0.05) is 40.9 Å². The topological polar surface area (TPSA) is 73.5 Å². The van der Waals surface area contributed by atoms with Crippen molar-refractivity contribution in [3.8, 4) is 0 Å². The molecule has 0 unspecified atom stereocenters. The monoisotopic (exact) mass is 436 g/mol. The van der Waals surface area contributed by atoms with Gasteiger partial charge in [0.2, 0.25) is 5.91 Å². The molecule has 31 heavy (non-hydrogen) atoms. The summed E-state index contributed by atoms with van der Waals surface area (Å²) in [6.45, 7) is 1.86. The van der Waals surface area contributed by atoms with Crippen LogP contribution >= 0.6 is 11.6 Å². The summed E-state index contributed by atoms with van der Waals surface area (Å²) in [5.41, 5.74) is 1.53. The van der Waals surface area contributed by atoms with Crippen LogP contribution in [0.5, 0.6) is 0 Å². The fraction of sp³-hybridized carbons (Fsp3) is 0.250. The number of carbonyl (C=O) groups excluding carboxylic acids is 2. The molecule has 0 spiro atoms. The highest BCUT2D eigenvalue weighted by Gasteiger charge is 2.22. The second-order valence-corrected chi connectivity index (χ2v) is 8.17. The van der Waals surface area contributed by atoms with Crippen molar-refractivity contribution in [1.82, 2.24) is 10.2 Å². The van der Waals surface area contributed by atoms with Crippen molar-refractivity contribution in [2.75, 3.05) is 30.3 Å². The quantitative estimate of drug-likeness (QED) is 0.542. The molecule has 0 aromatic heterocycles. The molecule has 4 rings (SSSR count). The zero-order valence-corrected chi connectivity index (χ0v) is 17.9. The molecule has 0 atom stereocenters. The van der Waals surface area contributed by atoms with Gasteiger partial charge in [-0.2, -0.15) is 0 Å². The van der Waals surface area contributed by atoms with E-state index in [2.05, 4.69) is 20.9 Å². The number of halogens is 1. The lowest BCUT2D eigenvalue weighted by atomic mass is 10.1. The lowest BCUT2D eigenvalue weighted by Crippen LogP contribution is -2.47. The molecule has 3 amide bonds. The van der Waals surface area contributed by atoms with Gasteiger partial charge >= 0.3 is 6.03 Å². The molecule has 7 heteroatoms. The zero-order chi connectivity index (χ0) is 21.6. The smallest absolute Gasteiger partial charge is 0.319 e. The number of urea groups is 1. The molecule has 0 aliphatic carbocycles. The fourth-order valence-corrected chi connectivity index (χ4v) is 3.97. The third-order valence-electron chi connectivity index (χ3n) is 5.46. The maximum absolute atomic E-state index is 12.6. The van der Waals surface area contributed by atoms with E-state index in [1.807, 2.05) is 42.5 Å². The van der Waals surface area contributed by atoms with Crippen molar-refractivity contribution < 1.29 is 9.59 Å². The Morgan fingerprint density at radius 2 is 1.61 bits per heavy atom. The molecule has 1 saturated heterocycles. The molecule has 0 radical (unpaired) electrons. The highest BCUT2D eigenvalue weighted by Crippen LogP contribution is 2.23. The Labute approximate surface area is 186 Å². The molecule has 0 saturated carbocycles. The van der Waals surface area contributed by atoms with E-state index in [0.717, 1.165) is 42.4 Å². The van der Waals surface area contributed by atoms with Gasteiger partial charge in [-0.25, -0.2) is 4.79 Å². The van der Waals surface area contributed by atoms with Gasteiger partial charge in [0.15, 0.2) is 0 Å². The minimum Gasteiger partial charge on any atom is -0.335 e. The predicted octanol–water partition coefficient (Wildman–Crippen LogP) is 4.72. The van der Waals surface area contributed by atoms with E-state index in [4.69, 9.17) is 11.6 Å². The molecule has 1 aliphatic heterocycles. The number of benzene rings is 3. The predicted molar refractivity (Wildman–Crippen MR) is 126 cm³/mol. The standard InChI is InChI=1S/C24H25ClN4O2/c25-18-8-10-19(11-9-18)26-24(31)27-20-12-14-29(15-13-20)16-23(30)28-22-7-3-5-17-4-1-2-6-21(17)22/h1-11,20H,12-16H2,(H,28,30)(H2,26,27,31). The second-order valence-electron chi connectivity index (χ2n) is 7.73. The van der Waals surface area contributed by atoms with Crippen LogP contribution in [0.1, 0.15) is 12.8 Å². The number of nitrogens with one attached hydrogen (secondary N) is 3. The van der Waals surface area contributed by atoms with Crippen molar-refractivity contribution in [3.05, 3.63) is 71.8 Å². The van der Waals surface area contributed by atoms with Gasteiger partial charge in [0.25, 0.3) is 0 Å².